The fourth-order valence-corrected chi connectivity index (χ4v) is 2.78. The summed E-state index contributed by atoms with van der Waals surface area (Å²) < 4.78 is 5.64. The molecule has 2 fully saturated rings. The number of ether oxygens (including phenoxy) is 1. The minimum absolute atomic E-state index is 0.252. The molecule has 1 saturated carbocycles. The highest BCUT2D eigenvalue weighted by atomic mass is 16.5. The Hall–Kier alpha value is -0.160. The first-order valence-electron chi connectivity index (χ1n) is 7.31. The highest BCUT2D eigenvalue weighted by Gasteiger charge is 2.40. The van der Waals surface area contributed by atoms with Crippen LogP contribution in [0.5, 0.6) is 0 Å². The minimum Gasteiger partial charge on any atom is -0.395 e. The number of hydrogen-bond donors (Lipinski definition) is 2. The third-order valence-electron chi connectivity index (χ3n) is 4.06. The molecule has 1 saturated heterocycles. The van der Waals surface area contributed by atoms with Gasteiger partial charge >= 0.3 is 0 Å². The number of rotatable bonds is 8. The van der Waals surface area contributed by atoms with Crippen LogP contribution in [0, 0.1) is 5.41 Å². The third kappa shape index (κ3) is 3.92. The van der Waals surface area contributed by atoms with Crippen molar-refractivity contribution >= 4 is 0 Å². The first-order valence-corrected chi connectivity index (χ1v) is 7.31. The summed E-state index contributed by atoms with van der Waals surface area (Å²) in [5, 5.41) is 12.8. The van der Waals surface area contributed by atoms with Crippen molar-refractivity contribution in [3.05, 3.63) is 0 Å². The molecule has 0 spiro atoms. The third-order valence-corrected chi connectivity index (χ3v) is 4.06. The van der Waals surface area contributed by atoms with E-state index in [4.69, 9.17) is 4.74 Å². The molecule has 0 radical (unpaired) electrons. The zero-order valence-corrected chi connectivity index (χ0v) is 11.8. The summed E-state index contributed by atoms with van der Waals surface area (Å²) >= 11 is 0. The van der Waals surface area contributed by atoms with Crippen molar-refractivity contribution in [3.63, 3.8) is 0 Å². The Morgan fingerprint density at radius 2 is 2.22 bits per heavy atom. The van der Waals surface area contributed by atoms with Crippen LogP contribution in [0.4, 0.5) is 0 Å². The molecule has 0 aromatic carbocycles. The predicted molar refractivity (Wildman–Crippen MR) is 72.7 cm³/mol. The van der Waals surface area contributed by atoms with Crippen molar-refractivity contribution < 1.29 is 9.84 Å². The Labute approximate surface area is 111 Å². The van der Waals surface area contributed by atoms with Gasteiger partial charge in [-0.3, -0.25) is 4.90 Å². The van der Waals surface area contributed by atoms with Crippen LogP contribution in [0.1, 0.15) is 33.1 Å². The Balaban J connectivity index is 1.91. The van der Waals surface area contributed by atoms with Gasteiger partial charge in [0.25, 0.3) is 0 Å². The minimum atomic E-state index is 0.252. The standard InChI is InChI=1S/C14H28N2O2/c1-12(2)15-9-14(5-8-18-11-14)10-16(6-7-17)13-3-4-13/h12-13,15,17H,3-11H2,1-2H3. The van der Waals surface area contributed by atoms with E-state index in [2.05, 4.69) is 24.1 Å². The molecule has 2 rings (SSSR count). The second kappa shape index (κ2) is 6.33. The summed E-state index contributed by atoms with van der Waals surface area (Å²) in [6.07, 6.45) is 3.74. The van der Waals surface area contributed by atoms with Gasteiger partial charge < -0.3 is 15.2 Å². The molecule has 1 aliphatic heterocycles. The molecular weight excluding hydrogens is 228 g/mol. The molecule has 0 aromatic rings. The van der Waals surface area contributed by atoms with Crippen molar-refractivity contribution in [3.8, 4) is 0 Å². The van der Waals surface area contributed by atoms with Crippen LogP contribution in [0.25, 0.3) is 0 Å². The molecule has 0 amide bonds. The SMILES string of the molecule is CC(C)NCC1(CN(CCO)C2CC2)CCOC1. The first kappa shape index (κ1) is 14.3. The van der Waals surface area contributed by atoms with E-state index in [1.807, 2.05) is 0 Å². The molecule has 0 aromatic heterocycles. The predicted octanol–water partition coefficient (Wildman–Crippen LogP) is 0.848. The monoisotopic (exact) mass is 256 g/mol. The largest absolute Gasteiger partial charge is 0.395 e. The van der Waals surface area contributed by atoms with Crippen LogP contribution in [0.2, 0.25) is 0 Å². The molecule has 1 unspecified atom stereocenters. The lowest BCUT2D eigenvalue weighted by atomic mass is 9.86. The van der Waals surface area contributed by atoms with Gasteiger partial charge in [-0.15, -0.1) is 0 Å². The lowest BCUT2D eigenvalue weighted by molar-refractivity contribution is 0.0912. The summed E-state index contributed by atoms with van der Waals surface area (Å²) in [6.45, 7) is 9.31. The van der Waals surface area contributed by atoms with Crippen molar-refractivity contribution in [2.75, 3.05) is 39.5 Å². The Kier molecular flexibility index (Phi) is 5.01. The van der Waals surface area contributed by atoms with Crippen molar-refractivity contribution in [1.29, 1.82) is 0 Å². The van der Waals surface area contributed by atoms with E-state index in [1.165, 1.54) is 12.8 Å². The van der Waals surface area contributed by atoms with Gasteiger partial charge in [0.2, 0.25) is 0 Å². The zero-order chi connectivity index (χ0) is 13.0. The Bertz CT molecular complexity index is 248. The molecular formula is C14H28N2O2. The molecule has 4 nitrogen and oxygen atoms in total. The fraction of sp³-hybridized carbons (Fsp3) is 1.00. The van der Waals surface area contributed by atoms with Gasteiger partial charge in [0.05, 0.1) is 13.2 Å². The van der Waals surface area contributed by atoms with E-state index in [0.717, 1.165) is 39.3 Å². The average Bonchev–Trinajstić information content (AvgIpc) is 3.08. The highest BCUT2D eigenvalue weighted by molar-refractivity contribution is 4.93. The fourth-order valence-electron chi connectivity index (χ4n) is 2.78. The van der Waals surface area contributed by atoms with Crippen LogP contribution in [0.15, 0.2) is 0 Å². The Morgan fingerprint density at radius 1 is 1.44 bits per heavy atom. The van der Waals surface area contributed by atoms with Crippen LogP contribution in [-0.2, 0) is 4.74 Å². The lowest BCUT2D eigenvalue weighted by Gasteiger charge is -2.35. The number of aliphatic hydroxyl groups is 1. The summed E-state index contributed by atoms with van der Waals surface area (Å²) in [6, 6.07) is 1.24. The normalized spacial score (nSPS) is 28.5. The maximum Gasteiger partial charge on any atom is 0.0558 e. The van der Waals surface area contributed by atoms with Crippen LogP contribution >= 0.6 is 0 Å². The van der Waals surface area contributed by atoms with Crippen LogP contribution in [-0.4, -0.2) is 61.5 Å². The number of hydrogen-bond acceptors (Lipinski definition) is 4. The van der Waals surface area contributed by atoms with Crippen molar-refractivity contribution in [2.24, 2.45) is 5.41 Å². The molecule has 2 N–H and O–H groups in total. The molecule has 1 aliphatic carbocycles. The number of nitrogens with zero attached hydrogens (tertiary/aromatic N) is 1. The molecule has 0 bridgehead atoms. The van der Waals surface area contributed by atoms with Crippen LogP contribution < -0.4 is 5.32 Å². The maximum atomic E-state index is 9.20. The number of aliphatic hydroxyl groups excluding tert-OH is 1. The summed E-state index contributed by atoms with van der Waals surface area (Å²) in [4.78, 5) is 2.47. The van der Waals surface area contributed by atoms with Gasteiger partial charge in [-0.25, -0.2) is 0 Å². The quantitative estimate of drug-likeness (QED) is 0.676. The zero-order valence-electron chi connectivity index (χ0n) is 11.8. The molecule has 2 aliphatic rings. The van der Waals surface area contributed by atoms with E-state index in [9.17, 15) is 5.11 Å². The van der Waals surface area contributed by atoms with E-state index in [1.54, 1.807) is 0 Å². The molecule has 1 heterocycles. The Morgan fingerprint density at radius 3 is 2.72 bits per heavy atom. The van der Waals surface area contributed by atoms with Gasteiger partial charge in [-0.05, 0) is 19.3 Å². The first-order chi connectivity index (χ1) is 8.65. The van der Waals surface area contributed by atoms with Crippen LogP contribution in [0.3, 0.4) is 0 Å². The molecule has 18 heavy (non-hydrogen) atoms. The van der Waals surface area contributed by atoms with Gasteiger partial charge in [0, 0.05) is 43.7 Å². The van der Waals surface area contributed by atoms with Crippen molar-refractivity contribution in [2.45, 2.75) is 45.2 Å². The van der Waals surface area contributed by atoms with E-state index in [0.29, 0.717) is 12.1 Å². The second-order valence-corrected chi connectivity index (χ2v) is 6.26. The van der Waals surface area contributed by atoms with E-state index < -0.39 is 0 Å². The average molecular weight is 256 g/mol. The maximum absolute atomic E-state index is 9.20. The molecule has 4 heteroatoms. The van der Waals surface area contributed by atoms with Gasteiger partial charge in [-0.1, -0.05) is 13.8 Å². The highest BCUT2D eigenvalue weighted by Crippen LogP contribution is 2.34. The van der Waals surface area contributed by atoms with Gasteiger partial charge in [0.1, 0.15) is 0 Å². The summed E-state index contributed by atoms with van der Waals surface area (Å²) in [7, 11) is 0. The van der Waals surface area contributed by atoms with E-state index >= 15 is 0 Å². The van der Waals surface area contributed by atoms with Gasteiger partial charge in [0.15, 0.2) is 0 Å². The molecule has 106 valence electrons. The summed E-state index contributed by atoms with van der Waals surface area (Å²) in [5.41, 5.74) is 0.252. The second-order valence-electron chi connectivity index (χ2n) is 6.26. The smallest absolute Gasteiger partial charge is 0.0558 e. The van der Waals surface area contributed by atoms with Crippen molar-refractivity contribution in [1.82, 2.24) is 10.2 Å². The molecule has 1 atom stereocenters. The van der Waals surface area contributed by atoms with E-state index in [-0.39, 0.29) is 12.0 Å². The van der Waals surface area contributed by atoms with Gasteiger partial charge in [-0.2, -0.15) is 0 Å². The lowest BCUT2D eigenvalue weighted by Crippen LogP contribution is -2.47. The topological polar surface area (TPSA) is 44.7 Å². The summed E-state index contributed by atoms with van der Waals surface area (Å²) in [5.74, 6) is 0. The number of nitrogens with one attached hydrogen (secondary N) is 1.